The number of carboxylic acid groups (broad SMARTS) is 1. The second kappa shape index (κ2) is 7.12. The van der Waals surface area contributed by atoms with Gasteiger partial charge in [0.05, 0.1) is 17.7 Å². The number of piperazine rings is 1. The predicted octanol–water partition coefficient (Wildman–Crippen LogP) is 2.95. The second-order valence-electron chi connectivity index (χ2n) is 6.70. The van der Waals surface area contributed by atoms with Crippen molar-refractivity contribution in [3.63, 3.8) is 0 Å². The lowest BCUT2D eigenvalue weighted by atomic mass is 10.2. The van der Waals surface area contributed by atoms with Crippen molar-refractivity contribution in [2.75, 3.05) is 31.1 Å². The van der Waals surface area contributed by atoms with Gasteiger partial charge in [0.15, 0.2) is 0 Å². The first-order chi connectivity index (χ1) is 13.5. The van der Waals surface area contributed by atoms with Crippen LogP contribution in [0.25, 0.3) is 0 Å². The van der Waals surface area contributed by atoms with Crippen molar-refractivity contribution in [2.45, 2.75) is 6.04 Å². The predicted molar refractivity (Wildman–Crippen MR) is 101 cm³/mol. The van der Waals surface area contributed by atoms with Crippen LogP contribution in [-0.4, -0.2) is 59.3 Å². The number of carbonyl (C=O) groups is 2. The summed E-state index contributed by atoms with van der Waals surface area (Å²) in [5.74, 6) is 1.24. The SMILES string of the molecule is N#Cc1ccc(Oc2ccc(N3CC4CN(C(=O)O)CCN4C3=O)cc2)cc1. The van der Waals surface area contributed by atoms with E-state index in [0.717, 1.165) is 5.69 Å². The quantitative estimate of drug-likeness (QED) is 0.886. The molecular formula is C20H18N4O4. The number of nitrogens with zero attached hydrogens (tertiary/aromatic N) is 4. The number of ether oxygens (including phenoxy) is 1. The Hall–Kier alpha value is -3.73. The largest absolute Gasteiger partial charge is 0.465 e. The molecule has 2 aromatic carbocycles. The summed E-state index contributed by atoms with van der Waals surface area (Å²) in [6.07, 6.45) is -0.949. The van der Waals surface area contributed by atoms with Crippen molar-refractivity contribution in [2.24, 2.45) is 0 Å². The van der Waals surface area contributed by atoms with Crippen molar-refractivity contribution in [3.8, 4) is 17.6 Å². The highest BCUT2D eigenvalue weighted by molar-refractivity contribution is 5.95. The third-order valence-corrected chi connectivity index (χ3v) is 4.99. The van der Waals surface area contributed by atoms with Gasteiger partial charge >= 0.3 is 12.1 Å². The fourth-order valence-electron chi connectivity index (χ4n) is 3.52. The minimum atomic E-state index is -0.949. The number of hydrogen-bond acceptors (Lipinski definition) is 4. The van der Waals surface area contributed by atoms with Gasteiger partial charge in [0, 0.05) is 31.9 Å². The Balaban J connectivity index is 1.44. The van der Waals surface area contributed by atoms with E-state index < -0.39 is 6.09 Å². The van der Waals surface area contributed by atoms with Gasteiger partial charge in [-0.05, 0) is 48.5 Å². The molecule has 0 radical (unpaired) electrons. The average molecular weight is 378 g/mol. The highest BCUT2D eigenvalue weighted by atomic mass is 16.5. The van der Waals surface area contributed by atoms with Crippen LogP contribution in [0.3, 0.4) is 0 Å². The third kappa shape index (κ3) is 3.30. The molecule has 0 bridgehead atoms. The van der Waals surface area contributed by atoms with Crippen LogP contribution in [0.15, 0.2) is 48.5 Å². The van der Waals surface area contributed by atoms with Crippen LogP contribution in [0, 0.1) is 11.3 Å². The average Bonchev–Trinajstić information content (AvgIpc) is 3.05. The summed E-state index contributed by atoms with van der Waals surface area (Å²) in [5.41, 5.74) is 1.31. The van der Waals surface area contributed by atoms with Gasteiger partial charge in [-0.15, -0.1) is 0 Å². The van der Waals surface area contributed by atoms with Gasteiger partial charge in [-0.1, -0.05) is 0 Å². The van der Waals surface area contributed by atoms with Crippen LogP contribution >= 0.6 is 0 Å². The normalized spacial score (nSPS) is 18.6. The van der Waals surface area contributed by atoms with Crippen LogP contribution in [0.1, 0.15) is 5.56 Å². The van der Waals surface area contributed by atoms with E-state index in [1.165, 1.54) is 4.90 Å². The Bertz CT molecular complexity index is 936. The smallest absolute Gasteiger partial charge is 0.407 e. The molecule has 8 nitrogen and oxygen atoms in total. The Labute approximate surface area is 161 Å². The summed E-state index contributed by atoms with van der Waals surface area (Å²) >= 11 is 0. The number of benzene rings is 2. The van der Waals surface area contributed by atoms with E-state index in [-0.39, 0.29) is 12.1 Å². The molecule has 8 heteroatoms. The summed E-state index contributed by atoms with van der Waals surface area (Å²) in [4.78, 5) is 28.6. The molecule has 2 aliphatic rings. The Morgan fingerprint density at radius 2 is 1.68 bits per heavy atom. The van der Waals surface area contributed by atoms with Gasteiger partial charge in [0.1, 0.15) is 11.5 Å². The van der Waals surface area contributed by atoms with Gasteiger partial charge < -0.3 is 19.6 Å². The highest BCUT2D eigenvalue weighted by Gasteiger charge is 2.42. The molecule has 2 aromatic rings. The van der Waals surface area contributed by atoms with Crippen LogP contribution in [0.2, 0.25) is 0 Å². The fourth-order valence-corrected chi connectivity index (χ4v) is 3.52. The molecule has 0 aromatic heterocycles. The first kappa shape index (κ1) is 17.7. The number of hydrogen-bond donors (Lipinski definition) is 1. The Kier molecular flexibility index (Phi) is 4.49. The van der Waals surface area contributed by atoms with Crippen LogP contribution < -0.4 is 9.64 Å². The van der Waals surface area contributed by atoms with Crippen molar-refractivity contribution >= 4 is 17.8 Å². The number of rotatable bonds is 3. The first-order valence-corrected chi connectivity index (χ1v) is 8.89. The second-order valence-corrected chi connectivity index (χ2v) is 6.70. The molecule has 2 fully saturated rings. The van der Waals surface area contributed by atoms with E-state index in [2.05, 4.69) is 6.07 Å². The minimum absolute atomic E-state index is 0.101. The van der Waals surface area contributed by atoms with Gasteiger partial charge in [0.2, 0.25) is 0 Å². The monoisotopic (exact) mass is 378 g/mol. The standard InChI is InChI=1S/C20H18N4O4/c21-11-14-1-5-17(6-2-14)28-18-7-3-15(4-8-18)24-13-16-12-22(20(26)27)9-10-23(16)19(24)25/h1-8,16H,9-10,12-13H2,(H,26,27). The summed E-state index contributed by atoms with van der Waals surface area (Å²) < 4.78 is 5.76. The lowest BCUT2D eigenvalue weighted by Gasteiger charge is -2.34. The lowest BCUT2D eigenvalue weighted by Crippen LogP contribution is -2.53. The zero-order valence-electron chi connectivity index (χ0n) is 15.0. The molecule has 2 aliphatic heterocycles. The molecule has 4 rings (SSSR count). The fraction of sp³-hybridized carbons (Fsp3) is 0.250. The molecule has 3 amide bonds. The van der Waals surface area contributed by atoms with Crippen molar-refractivity contribution in [1.29, 1.82) is 5.26 Å². The summed E-state index contributed by atoms with van der Waals surface area (Å²) in [5, 5.41) is 18.0. The minimum Gasteiger partial charge on any atom is -0.465 e. The molecular weight excluding hydrogens is 360 g/mol. The van der Waals surface area contributed by atoms with Crippen LogP contribution in [0.4, 0.5) is 15.3 Å². The molecule has 0 saturated carbocycles. The number of amides is 3. The van der Waals surface area contributed by atoms with E-state index in [1.54, 1.807) is 46.2 Å². The van der Waals surface area contributed by atoms with Crippen LogP contribution in [-0.2, 0) is 0 Å². The molecule has 1 atom stereocenters. The maximum atomic E-state index is 12.7. The van der Waals surface area contributed by atoms with Crippen LogP contribution in [0.5, 0.6) is 11.5 Å². The topological polar surface area (TPSA) is 97.1 Å². The number of fused-ring (bicyclic) bond motifs is 1. The first-order valence-electron chi connectivity index (χ1n) is 8.89. The summed E-state index contributed by atoms with van der Waals surface area (Å²) in [6, 6.07) is 15.8. The Morgan fingerprint density at radius 1 is 1.04 bits per heavy atom. The number of urea groups is 1. The zero-order chi connectivity index (χ0) is 19.7. The van der Waals surface area contributed by atoms with E-state index in [0.29, 0.717) is 43.2 Å². The van der Waals surface area contributed by atoms with E-state index >= 15 is 0 Å². The van der Waals surface area contributed by atoms with Gasteiger partial charge in [0.25, 0.3) is 0 Å². The molecule has 1 N–H and O–H groups in total. The van der Waals surface area contributed by atoms with Gasteiger partial charge in [-0.2, -0.15) is 5.26 Å². The highest BCUT2D eigenvalue weighted by Crippen LogP contribution is 2.29. The maximum Gasteiger partial charge on any atom is 0.407 e. The van der Waals surface area contributed by atoms with E-state index in [1.807, 2.05) is 12.1 Å². The molecule has 0 spiro atoms. The molecule has 2 saturated heterocycles. The molecule has 28 heavy (non-hydrogen) atoms. The summed E-state index contributed by atoms with van der Waals surface area (Å²) in [7, 11) is 0. The van der Waals surface area contributed by atoms with Crippen molar-refractivity contribution in [3.05, 3.63) is 54.1 Å². The van der Waals surface area contributed by atoms with E-state index in [9.17, 15) is 9.59 Å². The van der Waals surface area contributed by atoms with Gasteiger partial charge in [-0.3, -0.25) is 4.90 Å². The number of anilines is 1. The molecule has 142 valence electrons. The number of carbonyl (C=O) groups excluding carboxylic acids is 1. The molecule has 2 heterocycles. The maximum absolute atomic E-state index is 12.7. The Morgan fingerprint density at radius 3 is 2.29 bits per heavy atom. The molecule has 0 aliphatic carbocycles. The summed E-state index contributed by atoms with van der Waals surface area (Å²) in [6.45, 7) is 1.53. The van der Waals surface area contributed by atoms with Crippen molar-refractivity contribution in [1.82, 2.24) is 9.80 Å². The zero-order valence-corrected chi connectivity index (χ0v) is 15.0. The number of nitriles is 1. The van der Waals surface area contributed by atoms with Gasteiger partial charge in [-0.25, -0.2) is 9.59 Å². The van der Waals surface area contributed by atoms with Crippen molar-refractivity contribution < 1.29 is 19.4 Å². The lowest BCUT2D eigenvalue weighted by molar-refractivity contribution is 0.0997. The molecule has 1 unspecified atom stereocenters. The van der Waals surface area contributed by atoms with E-state index in [4.69, 9.17) is 15.1 Å². The third-order valence-electron chi connectivity index (χ3n) is 4.99.